The first-order valence-corrected chi connectivity index (χ1v) is 26.6. The first-order chi connectivity index (χ1) is 38.7. The number of hydrogen-bond acceptors (Lipinski definition) is 4. The molecular weight excluding hydrogens is 945 g/mol. The van der Waals surface area contributed by atoms with Crippen LogP contribution >= 0.6 is 0 Å². The van der Waals surface area contributed by atoms with Crippen LogP contribution in [0, 0.1) is 0 Å². The second kappa shape index (κ2) is 21.4. The Hall–Kier alpha value is -10.4. The second-order valence-electron chi connectivity index (χ2n) is 19.5. The van der Waals surface area contributed by atoms with Crippen molar-refractivity contribution in [3.05, 3.63) is 328 Å². The van der Waals surface area contributed by atoms with E-state index in [2.05, 4.69) is 347 Å². The maximum absolute atomic E-state index is 2.34. The number of fused-ring (bicyclic) bond motifs is 2. The molecule has 0 aliphatic carbocycles. The minimum absolute atomic E-state index is 1.08. The van der Waals surface area contributed by atoms with Gasteiger partial charge in [-0.1, -0.05) is 182 Å². The molecule has 78 heavy (non-hydrogen) atoms. The van der Waals surface area contributed by atoms with Crippen LogP contribution < -0.4 is 19.6 Å². The van der Waals surface area contributed by atoms with Gasteiger partial charge in [0, 0.05) is 68.2 Å². The first-order valence-electron chi connectivity index (χ1n) is 26.6. The predicted octanol–water partition coefficient (Wildman–Crippen LogP) is 21.2. The first kappa shape index (κ1) is 47.3. The van der Waals surface area contributed by atoms with Gasteiger partial charge in [-0.2, -0.15) is 0 Å². The van der Waals surface area contributed by atoms with Crippen LogP contribution in [-0.2, 0) is 0 Å². The fourth-order valence-corrected chi connectivity index (χ4v) is 10.7. The highest BCUT2D eigenvalue weighted by Crippen LogP contribution is 2.43. The molecular formula is C74H54N4. The molecule has 0 N–H and O–H groups in total. The monoisotopic (exact) mass is 998 g/mol. The van der Waals surface area contributed by atoms with Crippen molar-refractivity contribution < 1.29 is 0 Å². The van der Waals surface area contributed by atoms with E-state index in [1.54, 1.807) is 0 Å². The van der Waals surface area contributed by atoms with E-state index in [0.717, 1.165) is 84.8 Å². The normalized spacial score (nSPS) is 11.1. The van der Waals surface area contributed by atoms with Crippen LogP contribution in [0.25, 0.3) is 43.8 Å². The highest BCUT2D eigenvalue weighted by molar-refractivity contribution is 5.95. The van der Waals surface area contributed by atoms with Gasteiger partial charge in [-0.15, -0.1) is 0 Å². The zero-order valence-corrected chi connectivity index (χ0v) is 43.0. The number of para-hydroxylation sites is 5. The van der Waals surface area contributed by atoms with Crippen LogP contribution in [0.2, 0.25) is 0 Å². The quantitative estimate of drug-likeness (QED) is 0.108. The van der Waals surface area contributed by atoms with Crippen molar-refractivity contribution in [1.82, 2.24) is 0 Å². The summed E-state index contributed by atoms with van der Waals surface area (Å²) >= 11 is 0. The van der Waals surface area contributed by atoms with Crippen molar-refractivity contribution in [2.24, 2.45) is 0 Å². The van der Waals surface area contributed by atoms with Crippen molar-refractivity contribution >= 4 is 89.8 Å². The van der Waals surface area contributed by atoms with Gasteiger partial charge >= 0.3 is 0 Å². The zero-order valence-electron chi connectivity index (χ0n) is 43.0. The average Bonchev–Trinajstić information content (AvgIpc) is 3.56. The van der Waals surface area contributed by atoms with Gasteiger partial charge in [-0.25, -0.2) is 0 Å². The Morgan fingerprint density at radius 1 is 0.128 bits per heavy atom. The third kappa shape index (κ3) is 9.74. The van der Waals surface area contributed by atoms with Gasteiger partial charge in [0.05, 0.1) is 0 Å². The van der Waals surface area contributed by atoms with Crippen LogP contribution in [0.3, 0.4) is 0 Å². The topological polar surface area (TPSA) is 13.0 Å². The Kier molecular flexibility index (Phi) is 13.0. The molecule has 0 aromatic heterocycles. The largest absolute Gasteiger partial charge is 0.310 e. The molecule has 13 rings (SSSR count). The third-order valence-corrected chi connectivity index (χ3v) is 14.5. The summed E-state index contributed by atoms with van der Waals surface area (Å²) in [5, 5.41) is 4.68. The minimum atomic E-state index is 1.08. The molecule has 0 heterocycles. The number of hydrogen-bond donors (Lipinski definition) is 0. The molecule has 0 unspecified atom stereocenters. The number of anilines is 12. The minimum Gasteiger partial charge on any atom is -0.310 e. The summed E-state index contributed by atoms with van der Waals surface area (Å²) in [7, 11) is 0. The van der Waals surface area contributed by atoms with Crippen LogP contribution in [0.5, 0.6) is 0 Å². The summed E-state index contributed by atoms with van der Waals surface area (Å²) in [6, 6.07) is 117. The SMILES string of the molecule is c1ccc(-c2ccc(N(c3ccccc3)c3ccc4cc(N(c5ccccc5)c5ccc(-c6ccc(N(c7ccccc7)c7ccc8cc(N(c9ccccc9)c9ccccc9)ccc8c7)cc6)cc5)ccc4c3)cc2)cc1. The van der Waals surface area contributed by atoms with Crippen molar-refractivity contribution in [2.45, 2.75) is 0 Å². The van der Waals surface area contributed by atoms with Gasteiger partial charge in [0.25, 0.3) is 0 Å². The van der Waals surface area contributed by atoms with Crippen molar-refractivity contribution in [3.63, 3.8) is 0 Å². The molecule has 4 heteroatoms. The van der Waals surface area contributed by atoms with Gasteiger partial charge in [0.2, 0.25) is 0 Å². The summed E-state index contributed by atoms with van der Waals surface area (Å²) in [5.74, 6) is 0. The highest BCUT2D eigenvalue weighted by atomic mass is 15.2. The van der Waals surface area contributed by atoms with E-state index in [0.29, 0.717) is 0 Å². The molecule has 0 amide bonds. The standard InChI is InChI=1S/C74H54N4/c1-7-19-55(20-8-1)56-31-41-68(42-32-56)76(65-25-13-4-14-26-65)72-49-39-62-54-74(50-40-61(62)53-72)78(67-29-17-6-18-30-67)70-45-35-58(36-46-70)57-33-43-69(44-34-57)77(66-27-15-5-16-28-66)73-48-38-59-51-71(47-37-60(59)52-73)75(63-21-9-2-10-22-63)64-23-11-3-12-24-64/h1-54H. The molecule has 0 aliphatic rings. The fraction of sp³-hybridized carbons (Fsp3) is 0. The zero-order chi connectivity index (χ0) is 52.0. The van der Waals surface area contributed by atoms with Crippen LogP contribution in [0.15, 0.2) is 328 Å². The van der Waals surface area contributed by atoms with Crippen molar-refractivity contribution in [1.29, 1.82) is 0 Å². The Balaban J connectivity index is 0.781. The maximum Gasteiger partial charge on any atom is 0.0468 e. The maximum atomic E-state index is 2.34. The molecule has 4 nitrogen and oxygen atoms in total. The van der Waals surface area contributed by atoms with Gasteiger partial charge in [0.15, 0.2) is 0 Å². The van der Waals surface area contributed by atoms with Crippen molar-refractivity contribution in [2.75, 3.05) is 19.6 Å². The lowest BCUT2D eigenvalue weighted by molar-refractivity contribution is 1.28. The smallest absolute Gasteiger partial charge is 0.0468 e. The van der Waals surface area contributed by atoms with E-state index >= 15 is 0 Å². The molecule has 0 spiro atoms. The number of nitrogens with zero attached hydrogens (tertiary/aromatic N) is 4. The predicted molar refractivity (Wildman–Crippen MR) is 331 cm³/mol. The van der Waals surface area contributed by atoms with E-state index in [-0.39, 0.29) is 0 Å². The number of rotatable bonds is 14. The second-order valence-corrected chi connectivity index (χ2v) is 19.5. The molecule has 13 aromatic carbocycles. The van der Waals surface area contributed by atoms with Crippen LogP contribution in [0.4, 0.5) is 68.2 Å². The summed E-state index contributed by atoms with van der Waals surface area (Å²) in [6.07, 6.45) is 0. The Labute approximate surface area is 456 Å². The van der Waals surface area contributed by atoms with Gasteiger partial charge < -0.3 is 19.6 Å². The lowest BCUT2D eigenvalue weighted by Crippen LogP contribution is -2.10. The van der Waals surface area contributed by atoms with E-state index < -0.39 is 0 Å². The van der Waals surface area contributed by atoms with E-state index in [4.69, 9.17) is 0 Å². The average molecular weight is 999 g/mol. The molecule has 0 saturated heterocycles. The van der Waals surface area contributed by atoms with E-state index in [9.17, 15) is 0 Å². The highest BCUT2D eigenvalue weighted by Gasteiger charge is 2.19. The molecule has 370 valence electrons. The Morgan fingerprint density at radius 2 is 0.295 bits per heavy atom. The number of benzene rings is 13. The summed E-state index contributed by atoms with van der Waals surface area (Å²) in [5.41, 5.74) is 17.9. The summed E-state index contributed by atoms with van der Waals surface area (Å²) in [6.45, 7) is 0. The fourth-order valence-electron chi connectivity index (χ4n) is 10.7. The van der Waals surface area contributed by atoms with Gasteiger partial charge in [-0.3, -0.25) is 0 Å². The van der Waals surface area contributed by atoms with E-state index in [1.807, 2.05) is 0 Å². The summed E-state index contributed by atoms with van der Waals surface area (Å²) in [4.78, 5) is 9.33. The Morgan fingerprint density at radius 3 is 0.513 bits per heavy atom. The lowest BCUT2D eigenvalue weighted by atomic mass is 10.0. The molecule has 0 radical (unpaired) electrons. The lowest BCUT2D eigenvalue weighted by Gasteiger charge is -2.27. The van der Waals surface area contributed by atoms with Gasteiger partial charge in [-0.05, 0) is 189 Å². The molecule has 0 fully saturated rings. The third-order valence-electron chi connectivity index (χ3n) is 14.5. The molecule has 0 bridgehead atoms. The molecule has 0 aliphatic heterocycles. The van der Waals surface area contributed by atoms with Crippen molar-refractivity contribution in [3.8, 4) is 22.3 Å². The van der Waals surface area contributed by atoms with Gasteiger partial charge in [0.1, 0.15) is 0 Å². The summed E-state index contributed by atoms with van der Waals surface area (Å²) < 4.78 is 0. The molecule has 0 atom stereocenters. The van der Waals surface area contributed by atoms with Crippen LogP contribution in [-0.4, -0.2) is 0 Å². The molecule has 13 aromatic rings. The van der Waals surface area contributed by atoms with E-state index in [1.165, 1.54) is 27.3 Å². The molecule has 0 saturated carbocycles. The Bertz CT molecular complexity index is 4060. The van der Waals surface area contributed by atoms with Crippen LogP contribution in [0.1, 0.15) is 0 Å².